The Bertz CT molecular complexity index is 430. The van der Waals surface area contributed by atoms with Crippen LogP contribution in [0.25, 0.3) is 0 Å². The Morgan fingerprint density at radius 3 is 2.33 bits per heavy atom. The number of unbranched alkanes of at least 4 members (excludes halogenated alkanes) is 6. The molecule has 0 rings (SSSR count). The highest BCUT2D eigenvalue weighted by Gasteiger charge is 1.99. The molecule has 1 nitrogen and oxygen atoms in total. The van der Waals surface area contributed by atoms with Gasteiger partial charge in [-0.05, 0) is 46.1 Å². The van der Waals surface area contributed by atoms with Crippen LogP contribution in [0.2, 0.25) is 0 Å². The molecule has 0 radical (unpaired) electrons. The molecule has 0 spiro atoms. The quantitative estimate of drug-likeness (QED) is 0.358. The Balaban J connectivity index is 3.60. The molecular formula is C20H30O. The standard InChI is InChI=1S/C20H30O/c1-5-6-7-8-9-10-11-12-13-14-20(21)16-15-19(4)17-18(2)3/h17,20-21H,4,7-14H2,1-3H3. The van der Waals surface area contributed by atoms with Crippen molar-refractivity contribution in [2.75, 3.05) is 0 Å². The van der Waals surface area contributed by atoms with Gasteiger partial charge in [0.25, 0.3) is 0 Å². The van der Waals surface area contributed by atoms with Crippen LogP contribution in [0.15, 0.2) is 23.8 Å². The Morgan fingerprint density at radius 1 is 1.10 bits per heavy atom. The molecule has 0 amide bonds. The van der Waals surface area contributed by atoms with E-state index in [9.17, 15) is 5.11 Å². The molecule has 116 valence electrons. The van der Waals surface area contributed by atoms with Crippen LogP contribution in [0.3, 0.4) is 0 Å². The topological polar surface area (TPSA) is 20.2 Å². The van der Waals surface area contributed by atoms with E-state index in [-0.39, 0.29) is 0 Å². The van der Waals surface area contributed by atoms with E-state index in [2.05, 4.69) is 30.3 Å². The van der Waals surface area contributed by atoms with Gasteiger partial charge < -0.3 is 5.11 Å². The molecule has 0 aromatic heterocycles. The lowest BCUT2D eigenvalue weighted by Gasteiger charge is -2.03. The van der Waals surface area contributed by atoms with E-state index < -0.39 is 6.10 Å². The maximum absolute atomic E-state index is 9.78. The van der Waals surface area contributed by atoms with Crippen molar-refractivity contribution in [1.82, 2.24) is 0 Å². The van der Waals surface area contributed by atoms with Crippen molar-refractivity contribution in [3.63, 3.8) is 0 Å². The zero-order chi connectivity index (χ0) is 15.9. The molecule has 0 aliphatic rings. The van der Waals surface area contributed by atoms with Crippen LogP contribution in [0.1, 0.15) is 72.1 Å². The van der Waals surface area contributed by atoms with Gasteiger partial charge in [0.05, 0.1) is 0 Å². The summed E-state index contributed by atoms with van der Waals surface area (Å²) in [6.45, 7) is 9.76. The normalized spacial score (nSPS) is 10.7. The monoisotopic (exact) mass is 286 g/mol. The molecule has 0 saturated carbocycles. The first kappa shape index (κ1) is 19.6. The number of rotatable bonds is 9. The summed E-state index contributed by atoms with van der Waals surface area (Å²) in [5, 5.41) is 9.78. The molecule has 0 saturated heterocycles. The van der Waals surface area contributed by atoms with E-state index in [0.29, 0.717) is 0 Å². The summed E-state index contributed by atoms with van der Waals surface area (Å²) in [4.78, 5) is 0. The molecule has 1 unspecified atom stereocenters. The van der Waals surface area contributed by atoms with Crippen molar-refractivity contribution in [3.05, 3.63) is 23.8 Å². The molecule has 0 aliphatic heterocycles. The van der Waals surface area contributed by atoms with Crippen LogP contribution in [0.4, 0.5) is 0 Å². The molecule has 0 bridgehead atoms. The SMILES string of the molecule is C=C(C#CC(O)CCCCCCCCC#CC)C=C(C)C. The van der Waals surface area contributed by atoms with E-state index in [1.807, 2.05) is 26.8 Å². The van der Waals surface area contributed by atoms with Crippen LogP contribution in [0, 0.1) is 23.7 Å². The molecule has 0 aliphatic carbocycles. The van der Waals surface area contributed by atoms with Gasteiger partial charge >= 0.3 is 0 Å². The molecule has 0 aromatic rings. The van der Waals surface area contributed by atoms with Crippen LogP contribution < -0.4 is 0 Å². The molecule has 21 heavy (non-hydrogen) atoms. The predicted octanol–water partition coefficient (Wildman–Crippen LogP) is 5.02. The summed E-state index contributed by atoms with van der Waals surface area (Å²) in [5.41, 5.74) is 1.94. The Labute approximate surface area is 131 Å². The van der Waals surface area contributed by atoms with Gasteiger partial charge in [-0.2, -0.15) is 0 Å². The molecule has 0 fully saturated rings. The Hall–Kier alpha value is -1.44. The van der Waals surface area contributed by atoms with E-state index in [0.717, 1.165) is 24.8 Å². The van der Waals surface area contributed by atoms with Crippen LogP contribution in [-0.4, -0.2) is 11.2 Å². The van der Waals surface area contributed by atoms with E-state index >= 15 is 0 Å². The third-order valence-corrected chi connectivity index (χ3v) is 3.07. The first-order chi connectivity index (χ1) is 10.1. The van der Waals surface area contributed by atoms with Crippen molar-refractivity contribution in [3.8, 4) is 23.7 Å². The largest absolute Gasteiger partial charge is 0.380 e. The van der Waals surface area contributed by atoms with Gasteiger partial charge in [-0.1, -0.05) is 49.7 Å². The molecule has 0 heterocycles. The third-order valence-electron chi connectivity index (χ3n) is 3.07. The number of hydrogen-bond donors (Lipinski definition) is 1. The lowest BCUT2D eigenvalue weighted by atomic mass is 10.1. The van der Waals surface area contributed by atoms with Crippen molar-refractivity contribution < 1.29 is 5.11 Å². The molecule has 0 aromatic carbocycles. The summed E-state index contributed by atoms with van der Waals surface area (Å²) in [6.07, 6.45) is 10.4. The van der Waals surface area contributed by atoms with Crippen LogP contribution >= 0.6 is 0 Å². The lowest BCUT2D eigenvalue weighted by Crippen LogP contribution is -2.02. The summed E-state index contributed by atoms with van der Waals surface area (Å²) >= 11 is 0. The van der Waals surface area contributed by atoms with Gasteiger partial charge in [0, 0.05) is 12.0 Å². The minimum atomic E-state index is -0.521. The lowest BCUT2D eigenvalue weighted by molar-refractivity contribution is 0.217. The highest BCUT2D eigenvalue weighted by molar-refractivity contribution is 5.37. The van der Waals surface area contributed by atoms with E-state index in [1.54, 1.807) is 0 Å². The van der Waals surface area contributed by atoms with Gasteiger partial charge in [0.15, 0.2) is 0 Å². The van der Waals surface area contributed by atoms with Gasteiger partial charge in [0.1, 0.15) is 6.10 Å². The van der Waals surface area contributed by atoms with Crippen molar-refractivity contribution >= 4 is 0 Å². The maximum Gasteiger partial charge on any atom is 0.115 e. The van der Waals surface area contributed by atoms with Gasteiger partial charge in [-0.3, -0.25) is 0 Å². The second-order valence-corrected chi connectivity index (χ2v) is 5.62. The Kier molecular flexibility index (Phi) is 12.6. The summed E-state index contributed by atoms with van der Waals surface area (Å²) in [6, 6.07) is 0. The zero-order valence-corrected chi connectivity index (χ0v) is 14.0. The number of aliphatic hydroxyl groups excluding tert-OH is 1. The predicted molar refractivity (Wildman–Crippen MR) is 92.7 cm³/mol. The molecule has 1 N–H and O–H groups in total. The van der Waals surface area contributed by atoms with Gasteiger partial charge in [0.2, 0.25) is 0 Å². The third kappa shape index (κ3) is 14.8. The minimum Gasteiger partial charge on any atom is -0.380 e. The fraction of sp³-hybridized carbons (Fsp3) is 0.600. The second-order valence-electron chi connectivity index (χ2n) is 5.62. The first-order valence-electron chi connectivity index (χ1n) is 7.99. The zero-order valence-electron chi connectivity index (χ0n) is 14.0. The fourth-order valence-electron chi connectivity index (χ4n) is 2.02. The maximum atomic E-state index is 9.78. The van der Waals surface area contributed by atoms with Crippen molar-refractivity contribution in [2.24, 2.45) is 0 Å². The summed E-state index contributed by atoms with van der Waals surface area (Å²) < 4.78 is 0. The highest BCUT2D eigenvalue weighted by Crippen LogP contribution is 2.09. The second kappa shape index (κ2) is 13.5. The minimum absolute atomic E-state index is 0.521. The van der Waals surface area contributed by atoms with Gasteiger partial charge in [-0.15, -0.1) is 11.8 Å². The fourth-order valence-corrected chi connectivity index (χ4v) is 2.02. The molecule has 1 atom stereocenters. The highest BCUT2D eigenvalue weighted by atomic mass is 16.3. The summed E-state index contributed by atoms with van der Waals surface area (Å²) in [7, 11) is 0. The molecule has 1 heteroatoms. The van der Waals surface area contributed by atoms with E-state index in [4.69, 9.17) is 0 Å². The average molecular weight is 286 g/mol. The van der Waals surface area contributed by atoms with Crippen LogP contribution in [-0.2, 0) is 0 Å². The first-order valence-corrected chi connectivity index (χ1v) is 7.99. The number of allylic oxidation sites excluding steroid dienone is 3. The van der Waals surface area contributed by atoms with Crippen molar-refractivity contribution in [2.45, 2.75) is 78.2 Å². The average Bonchev–Trinajstić information content (AvgIpc) is 2.42. The van der Waals surface area contributed by atoms with Gasteiger partial charge in [-0.25, -0.2) is 0 Å². The summed E-state index contributed by atoms with van der Waals surface area (Å²) in [5.74, 6) is 11.8. The number of aliphatic hydroxyl groups is 1. The molecular weight excluding hydrogens is 256 g/mol. The smallest absolute Gasteiger partial charge is 0.115 e. The number of hydrogen-bond acceptors (Lipinski definition) is 1. The van der Waals surface area contributed by atoms with Crippen molar-refractivity contribution in [1.29, 1.82) is 0 Å². The van der Waals surface area contributed by atoms with E-state index in [1.165, 1.54) is 37.7 Å². The Morgan fingerprint density at radius 2 is 1.71 bits per heavy atom. The van der Waals surface area contributed by atoms with Crippen LogP contribution in [0.5, 0.6) is 0 Å².